The molecule has 0 bridgehead atoms. The Bertz CT molecular complexity index is 292. The Hall–Kier alpha value is 0.390. The molecule has 1 atom stereocenters. The van der Waals surface area contributed by atoms with E-state index in [-0.39, 0.29) is 6.04 Å². The first-order valence-corrected chi connectivity index (χ1v) is 8.90. The molecule has 5 heteroatoms. The molecule has 1 heterocycles. The van der Waals surface area contributed by atoms with Gasteiger partial charge in [-0.1, -0.05) is 42.1 Å². The van der Waals surface area contributed by atoms with Gasteiger partial charge < -0.3 is 0 Å². The molecule has 1 rings (SSSR count). The first kappa shape index (κ1) is 14.5. The third kappa shape index (κ3) is 4.00. The van der Waals surface area contributed by atoms with Crippen LogP contribution in [0.15, 0.2) is 0 Å². The van der Waals surface area contributed by atoms with Gasteiger partial charge in [-0.25, -0.2) is 8.42 Å². The lowest BCUT2D eigenvalue weighted by Gasteiger charge is -2.27. The number of alkyl halides is 1. The predicted molar refractivity (Wildman–Crippen MR) is 71.5 cm³/mol. The molecule has 3 nitrogen and oxygen atoms in total. The minimum absolute atomic E-state index is 0.171. The Morgan fingerprint density at radius 3 is 2.69 bits per heavy atom. The second-order valence-corrected chi connectivity index (χ2v) is 7.13. The van der Waals surface area contributed by atoms with Gasteiger partial charge in [0.05, 0.1) is 5.75 Å². The van der Waals surface area contributed by atoms with Crippen molar-refractivity contribution < 1.29 is 8.42 Å². The number of unbranched alkanes of at least 4 members (excludes halogenated alkanes) is 1. The van der Waals surface area contributed by atoms with Crippen molar-refractivity contribution in [3.05, 3.63) is 0 Å². The fraction of sp³-hybridized carbons (Fsp3) is 1.00. The average molecular weight is 312 g/mol. The number of hydrogen-bond donors (Lipinski definition) is 0. The molecule has 96 valence electrons. The molecule has 0 aliphatic carbocycles. The summed E-state index contributed by atoms with van der Waals surface area (Å²) in [5.74, 6) is 0.312. The Kier molecular flexibility index (Phi) is 6.29. The van der Waals surface area contributed by atoms with Gasteiger partial charge in [-0.3, -0.25) is 0 Å². The number of sulfonamides is 1. The maximum absolute atomic E-state index is 12.2. The molecule has 0 saturated carbocycles. The van der Waals surface area contributed by atoms with Gasteiger partial charge in [0, 0.05) is 17.9 Å². The van der Waals surface area contributed by atoms with Crippen LogP contribution in [-0.4, -0.2) is 36.4 Å². The largest absolute Gasteiger partial charge is 0.214 e. The van der Waals surface area contributed by atoms with E-state index in [1.54, 1.807) is 4.31 Å². The van der Waals surface area contributed by atoms with Crippen LogP contribution in [0.5, 0.6) is 0 Å². The summed E-state index contributed by atoms with van der Waals surface area (Å²) in [6, 6.07) is 0.171. The minimum Gasteiger partial charge on any atom is -0.212 e. The number of hydrogen-bond acceptors (Lipinski definition) is 2. The molecule has 1 saturated heterocycles. The van der Waals surface area contributed by atoms with Crippen molar-refractivity contribution >= 4 is 26.0 Å². The fourth-order valence-corrected chi connectivity index (χ4v) is 4.91. The minimum atomic E-state index is -3.03. The van der Waals surface area contributed by atoms with Crippen LogP contribution in [-0.2, 0) is 10.0 Å². The van der Waals surface area contributed by atoms with Crippen molar-refractivity contribution in [1.29, 1.82) is 0 Å². The zero-order valence-corrected chi connectivity index (χ0v) is 12.4. The Morgan fingerprint density at radius 1 is 1.31 bits per heavy atom. The van der Waals surface area contributed by atoms with E-state index in [9.17, 15) is 8.42 Å². The van der Waals surface area contributed by atoms with Crippen LogP contribution in [0.2, 0.25) is 0 Å². The monoisotopic (exact) mass is 311 g/mol. The van der Waals surface area contributed by atoms with Crippen molar-refractivity contribution in [2.24, 2.45) is 0 Å². The summed E-state index contributed by atoms with van der Waals surface area (Å²) in [6.07, 6.45) is 6.02. The van der Waals surface area contributed by atoms with E-state index < -0.39 is 10.0 Å². The SMILES string of the molecule is CCCCS(=O)(=O)N1CCCCCC1CBr. The van der Waals surface area contributed by atoms with Crippen LogP contribution in [0.1, 0.15) is 45.4 Å². The molecule has 1 fully saturated rings. The zero-order chi connectivity index (χ0) is 12.0. The van der Waals surface area contributed by atoms with Gasteiger partial charge in [-0.2, -0.15) is 4.31 Å². The molecule has 0 aromatic rings. The van der Waals surface area contributed by atoms with Crippen molar-refractivity contribution in [2.75, 3.05) is 17.6 Å². The van der Waals surface area contributed by atoms with Gasteiger partial charge in [-0.15, -0.1) is 0 Å². The van der Waals surface area contributed by atoms with E-state index in [1.807, 2.05) is 6.92 Å². The summed E-state index contributed by atoms with van der Waals surface area (Å²) in [4.78, 5) is 0. The van der Waals surface area contributed by atoms with Crippen molar-refractivity contribution in [3.8, 4) is 0 Å². The molecule has 0 N–H and O–H groups in total. The molecule has 0 amide bonds. The highest BCUT2D eigenvalue weighted by molar-refractivity contribution is 9.09. The summed E-state index contributed by atoms with van der Waals surface area (Å²) in [5, 5.41) is 0.762. The third-order valence-electron chi connectivity index (χ3n) is 3.11. The van der Waals surface area contributed by atoms with Crippen LogP contribution >= 0.6 is 15.9 Å². The van der Waals surface area contributed by atoms with Crippen LogP contribution in [0.4, 0.5) is 0 Å². The molecule has 1 unspecified atom stereocenters. The van der Waals surface area contributed by atoms with E-state index in [2.05, 4.69) is 15.9 Å². The van der Waals surface area contributed by atoms with E-state index in [4.69, 9.17) is 0 Å². The summed E-state index contributed by atoms with van der Waals surface area (Å²) >= 11 is 3.44. The van der Waals surface area contributed by atoms with Gasteiger partial charge in [-0.05, 0) is 19.3 Å². The smallest absolute Gasteiger partial charge is 0.212 e. The molecule has 0 radical (unpaired) electrons. The van der Waals surface area contributed by atoms with Crippen LogP contribution in [0.25, 0.3) is 0 Å². The van der Waals surface area contributed by atoms with Gasteiger partial charge in [0.25, 0.3) is 0 Å². The molecule has 1 aliphatic heterocycles. The van der Waals surface area contributed by atoms with Gasteiger partial charge in [0.1, 0.15) is 0 Å². The fourth-order valence-electron chi connectivity index (χ4n) is 2.12. The van der Waals surface area contributed by atoms with Crippen molar-refractivity contribution in [1.82, 2.24) is 4.31 Å². The van der Waals surface area contributed by atoms with E-state index in [0.717, 1.165) is 43.9 Å². The highest BCUT2D eigenvalue weighted by Gasteiger charge is 2.29. The molecule has 1 aliphatic rings. The first-order valence-electron chi connectivity index (χ1n) is 6.17. The van der Waals surface area contributed by atoms with Gasteiger partial charge in [0.15, 0.2) is 0 Å². The second-order valence-electron chi connectivity index (χ2n) is 4.44. The molecule has 0 aromatic heterocycles. The topological polar surface area (TPSA) is 37.4 Å². The van der Waals surface area contributed by atoms with Crippen molar-refractivity contribution in [3.63, 3.8) is 0 Å². The second kappa shape index (κ2) is 6.97. The molecule has 0 spiro atoms. The standard InChI is InChI=1S/C11H22BrNO2S/c1-2-3-9-16(14,15)13-8-6-4-5-7-11(13)10-12/h11H,2-10H2,1H3. The summed E-state index contributed by atoms with van der Waals surface area (Å²) in [5.41, 5.74) is 0. The summed E-state index contributed by atoms with van der Waals surface area (Å²) in [7, 11) is -3.03. The Morgan fingerprint density at radius 2 is 2.06 bits per heavy atom. The van der Waals surface area contributed by atoms with Crippen LogP contribution < -0.4 is 0 Å². The lowest BCUT2D eigenvalue weighted by Crippen LogP contribution is -2.42. The molecular formula is C11H22BrNO2S. The first-order chi connectivity index (χ1) is 7.61. The molecule has 0 aromatic carbocycles. The summed E-state index contributed by atoms with van der Waals surface area (Å²) in [6.45, 7) is 2.74. The lowest BCUT2D eigenvalue weighted by atomic mass is 10.1. The van der Waals surface area contributed by atoms with Gasteiger partial charge in [0.2, 0.25) is 10.0 Å². The zero-order valence-electron chi connectivity index (χ0n) is 9.99. The Labute approximate surface area is 108 Å². The maximum atomic E-state index is 12.2. The van der Waals surface area contributed by atoms with E-state index in [1.165, 1.54) is 0 Å². The van der Waals surface area contributed by atoms with Crippen molar-refractivity contribution in [2.45, 2.75) is 51.5 Å². The third-order valence-corrected chi connectivity index (χ3v) is 5.86. The predicted octanol–water partition coefficient (Wildman–Crippen LogP) is 2.76. The van der Waals surface area contributed by atoms with Crippen LogP contribution in [0, 0.1) is 0 Å². The number of rotatable bonds is 5. The van der Waals surface area contributed by atoms with Gasteiger partial charge >= 0.3 is 0 Å². The summed E-state index contributed by atoms with van der Waals surface area (Å²) < 4.78 is 26.1. The highest BCUT2D eigenvalue weighted by atomic mass is 79.9. The number of halogens is 1. The quantitative estimate of drug-likeness (QED) is 0.732. The number of nitrogens with zero attached hydrogens (tertiary/aromatic N) is 1. The van der Waals surface area contributed by atoms with E-state index in [0.29, 0.717) is 12.3 Å². The lowest BCUT2D eigenvalue weighted by molar-refractivity contribution is 0.347. The normalized spacial score (nSPS) is 24.2. The highest BCUT2D eigenvalue weighted by Crippen LogP contribution is 2.22. The van der Waals surface area contributed by atoms with Crippen LogP contribution in [0.3, 0.4) is 0 Å². The maximum Gasteiger partial charge on any atom is 0.214 e. The molecular weight excluding hydrogens is 290 g/mol. The molecule has 16 heavy (non-hydrogen) atoms. The Balaban J connectivity index is 2.72. The van der Waals surface area contributed by atoms with E-state index >= 15 is 0 Å². The average Bonchev–Trinajstić information content (AvgIpc) is 2.51.